The number of fused-ring (bicyclic) bond motifs is 3. The van der Waals surface area contributed by atoms with Crippen LogP contribution in [0.15, 0.2) is 109 Å². The van der Waals surface area contributed by atoms with Gasteiger partial charge in [-0.2, -0.15) is 0 Å². The van der Waals surface area contributed by atoms with Crippen LogP contribution in [0.25, 0.3) is 11.1 Å². The Bertz CT molecular complexity index is 1060. The minimum absolute atomic E-state index is 0.158. The maximum atomic E-state index is 14.9. The molecule has 0 heterocycles. The molecule has 130 valence electrons. The van der Waals surface area contributed by atoms with Gasteiger partial charge in [0.15, 0.2) is 7.14 Å². The quantitative estimate of drug-likeness (QED) is 0.421. The zero-order chi connectivity index (χ0) is 18.3. The van der Waals surface area contributed by atoms with E-state index in [1.165, 1.54) is 11.1 Å². The van der Waals surface area contributed by atoms with Gasteiger partial charge in [-0.1, -0.05) is 109 Å². The Morgan fingerprint density at radius 3 is 1.30 bits per heavy atom. The zero-order valence-corrected chi connectivity index (χ0v) is 15.7. The molecule has 0 fully saturated rings. The van der Waals surface area contributed by atoms with E-state index in [4.69, 9.17) is 0 Å². The Hall–Kier alpha value is -2.89. The Balaban J connectivity index is 1.86. The molecule has 0 spiro atoms. The normalized spacial score (nSPS) is 13.2. The first kappa shape index (κ1) is 16.3. The molecule has 0 atom stereocenters. The monoisotopic (exact) mass is 366 g/mol. The van der Waals surface area contributed by atoms with Crippen molar-refractivity contribution in [1.29, 1.82) is 0 Å². The lowest BCUT2D eigenvalue weighted by atomic mass is 10.1. The number of rotatable bonds is 3. The minimum atomic E-state index is -2.94. The summed E-state index contributed by atoms with van der Waals surface area (Å²) in [4.78, 5) is 0. The molecule has 4 aromatic carbocycles. The molecule has 0 saturated carbocycles. The Kier molecular flexibility index (Phi) is 3.85. The van der Waals surface area contributed by atoms with Gasteiger partial charge in [0.25, 0.3) is 0 Å². The molecule has 0 N–H and O–H groups in total. The van der Waals surface area contributed by atoms with E-state index >= 15 is 0 Å². The molecule has 1 nitrogen and oxygen atoms in total. The van der Waals surface area contributed by atoms with Gasteiger partial charge in [-0.3, -0.25) is 0 Å². The van der Waals surface area contributed by atoms with Crippen LogP contribution >= 0.6 is 7.14 Å². The van der Waals surface area contributed by atoms with Gasteiger partial charge in [0, 0.05) is 10.6 Å². The average molecular weight is 366 g/mol. The van der Waals surface area contributed by atoms with Crippen LogP contribution in [0.4, 0.5) is 0 Å². The summed E-state index contributed by atoms with van der Waals surface area (Å²) in [6.45, 7) is 0. The average Bonchev–Trinajstić information content (AvgIpc) is 3.09. The Morgan fingerprint density at radius 1 is 0.481 bits per heavy atom. The van der Waals surface area contributed by atoms with E-state index in [0.29, 0.717) is 0 Å². The fraction of sp³-hybridized carbons (Fsp3) is 0.0400. The first-order valence-corrected chi connectivity index (χ1v) is 11.0. The summed E-state index contributed by atoms with van der Waals surface area (Å²) in [6, 6.07) is 36.7. The van der Waals surface area contributed by atoms with Gasteiger partial charge >= 0.3 is 0 Å². The topological polar surface area (TPSA) is 17.1 Å². The van der Waals surface area contributed by atoms with Gasteiger partial charge in [-0.15, -0.1) is 0 Å². The van der Waals surface area contributed by atoms with Gasteiger partial charge < -0.3 is 4.57 Å². The van der Waals surface area contributed by atoms with Crippen molar-refractivity contribution in [1.82, 2.24) is 0 Å². The van der Waals surface area contributed by atoms with Crippen molar-refractivity contribution in [2.24, 2.45) is 0 Å². The van der Waals surface area contributed by atoms with Crippen LogP contribution < -0.4 is 10.6 Å². The molecule has 0 unspecified atom stereocenters. The van der Waals surface area contributed by atoms with Crippen molar-refractivity contribution in [2.75, 3.05) is 0 Å². The highest BCUT2D eigenvalue weighted by Crippen LogP contribution is 2.65. The van der Waals surface area contributed by atoms with E-state index in [-0.39, 0.29) is 5.66 Å². The fourth-order valence-electron chi connectivity index (χ4n) is 4.27. The molecule has 0 bridgehead atoms. The van der Waals surface area contributed by atoms with Crippen LogP contribution in [-0.2, 0) is 4.57 Å². The lowest BCUT2D eigenvalue weighted by Gasteiger charge is -2.27. The lowest BCUT2D eigenvalue weighted by molar-refractivity contribution is 0.583. The van der Waals surface area contributed by atoms with Gasteiger partial charge in [0.2, 0.25) is 0 Å². The molecule has 4 aromatic rings. The van der Waals surface area contributed by atoms with E-state index in [2.05, 4.69) is 48.5 Å². The highest BCUT2D eigenvalue weighted by Gasteiger charge is 2.43. The van der Waals surface area contributed by atoms with Gasteiger partial charge in [-0.05, 0) is 22.3 Å². The molecule has 1 aliphatic carbocycles. The van der Waals surface area contributed by atoms with Crippen molar-refractivity contribution in [3.8, 4) is 11.1 Å². The fourth-order valence-corrected chi connectivity index (χ4v) is 7.63. The summed E-state index contributed by atoms with van der Waals surface area (Å²) < 4.78 is 14.9. The van der Waals surface area contributed by atoms with Crippen molar-refractivity contribution >= 4 is 17.8 Å². The van der Waals surface area contributed by atoms with Crippen LogP contribution in [0.2, 0.25) is 0 Å². The van der Waals surface area contributed by atoms with Crippen molar-refractivity contribution in [3.05, 3.63) is 120 Å². The predicted molar refractivity (Wildman–Crippen MR) is 113 cm³/mol. The van der Waals surface area contributed by atoms with E-state index in [0.717, 1.165) is 21.7 Å². The van der Waals surface area contributed by atoms with Gasteiger partial charge in [-0.25, -0.2) is 0 Å². The highest BCUT2D eigenvalue weighted by molar-refractivity contribution is 7.79. The van der Waals surface area contributed by atoms with Crippen LogP contribution in [0.3, 0.4) is 0 Å². The third kappa shape index (κ3) is 2.43. The summed E-state index contributed by atoms with van der Waals surface area (Å²) in [7, 11) is -2.94. The van der Waals surface area contributed by atoms with E-state index in [1.807, 2.05) is 60.7 Å². The van der Waals surface area contributed by atoms with E-state index < -0.39 is 7.14 Å². The summed E-state index contributed by atoms with van der Waals surface area (Å²) in [6.07, 6.45) is 0. The molecular weight excluding hydrogens is 347 g/mol. The maximum absolute atomic E-state index is 14.9. The second-order valence-electron chi connectivity index (χ2n) is 6.91. The van der Waals surface area contributed by atoms with Crippen LogP contribution in [0, 0.1) is 0 Å². The summed E-state index contributed by atoms with van der Waals surface area (Å²) in [5.41, 5.74) is 4.56. The minimum Gasteiger partial charge on any atom is -0.313 e. The Morgan fingerprint density at radius 2 is 0.852 bits per heavy atom. The molecule has 0 aromatic heterocycles. The standard InChI is InChI=1S/C25H19OP/c26-27(19-11-3-1-4-12-19,20-13-5-2-6-14-20)25-23-17-9-7-15-21(23)22-16-8-10-18-24(22)25/h1-18,25H. The van der Waals surface area contributed by atoms with Crippen molar-refractivity contribution < 1.29 is 4.57 Å². The summed E-state index contributed by atoms with van der Waals surface area (Å²) in [5.74, 6) is 0. The Labute approximate surface area is 159 Å². The number of benzene rings is 4. The first-order chi connectivity index (χ1) is 13.3. The van der Waals surface area contributed by atoms with Crippen LogP contribution in [0.5, 0.6) is 0 Å². The number of hydrogen-bond acceptors (Lipinski definition) is 1. The summed E-state index contributed by atoms with van der Waals surface area (Å²) in [5, 5.41) is 1.82. The number of hydrogen-bond donors (Lipinski definition) is 0. The third-order valence-electron chi connectivity index (χ3n) is 5.44. The third-order valence-corrected chi connectivity index (χ3v) is 8.86. The second kappa shape index (κ2) is 6.37. The molecule has 0 amide bonds. The first-order valence-electron chi connectivity index (χ1n) is 9.19. The smallest absolute Gasteiger partial charge is 0.154 e. The maximum Gasteiger partial charge on any atom is 0.154 e. The highest BCUT2D eigenvalue weighted by atomic mass is 31.2. The zero-order valence-electron chi connectivity index (χ0n) is 14.8. The molecule has 0 saturated heterocycles. The molecule has 0 aliphatic heterocycles. The van der Waals surface area contributed by atoms with Crippen molar-refractivity contribution in [2.45, 2.75) is 5.66 Å². The van der Waals surface area contributed by atoms with Gasteiger partial charge in [0.05, 0.1) is 5.66 Å². The molecule has 27 heavy (non-hydrogen) atoms. The molecular formula is C25H19OP. The van der Waals surface area contributed by atoms with Crippen LogP contribution in [0.1, 0.15) is 16.8 Å². The largest absolute Gasteiger partial charge is 0.313 e. The van der Waals surface area contributed by atoms with E-state index in [9.17, 15) is 4.57 Å². The molecule has 5 rings (SSSR count). The molecule has 1 aliphatic rings. The predicted octanol–water partition coefficient (Wildman–Crippen LogP) is 5.77. The van der Waals surface area contributed by atoms with Gasteiger partial charge in [0.1, 0.15) is 0 Å². The lowest BCUT2D eigenvalue weighted by Crippen LogP contribution is -2.21. The second-order valence-corrected chi connectivity index (χ2v) is 9.77. The van der Waals surface area contributed by atoms with Crippen LogP contribution in [-0.4, -0.2) is 0 Å². The van der Waals surface area contributed by atoms with E-state index in [1.54, 1.807) is 0 Å². The molecule has 0 radical (unpaired) electrons. The SMILES string of the molecule is O=P(c1ccccc1)(c1ccccc1)C1c2ccccc2-c2ccccc21. The summed E-state index contributed by atoms with van der Waals surface area (Å²) >= 11 is 0. The van der Waals surface area contributed by atoms with Crippen molar-refractivity contribution in [3.63, 3.8) is 0 Å². The molecule has 2 heteroatoms.